The van der Waals surface area contributed by atoms with Crippen molar-refractivity contribution in [1.29, 1.82) is 0 Å². The topological polar surface area (TPSA) is 59.1 Å². The molecule has 1 N–H and O–H groups in total. The van der Waals surface area contributed by atoms with E-state index in [2.05, 4.69) is 10.3 Å². The molecule has 1 aromatic heterocycles. The lowest BCUT2D eigenvalue weighted by Crippen LogP contribution is -2.46. The number of aromatic nitrogens is 1. The first-order chi connectivity index (χ1) is 17.2. The first-order valence-corrected chi connectivity index (χ1v) is 11.3. The van der Waals surface area contributed by atoms with E-state index in [0.717, 1.165) is 16.7 Å². The molecule has 0 aliphatic heterocycles. The Balaban J connectivity index is 2.04. The molecule has 2 atom stereocenters. The highest BCUT2D eigenvalue weighted by atomic mass is 19.4. The number of hydrogen-bond donors (Lipinski definition) is 1. The van der Waals surface area contributed by atoms with Gasteiger partial charge in [0.25, 0.3) is 5.91 Å². The van der Waals surface area contributed by atoms with E-state index in [0.29, 0.717) is 12.1 Å². The maximum absolute atomic E-state index is 13.5. The molecule has 1 amide bonds. The van der Waals surface area contributed by atoms with Crippen LogP contribution in [0.2, 0.25) is 0 Å². The summed E-state index contributed by atoms with van der Waals surface area (Å²) in [6.45, 7) is 5.40. The highest BCUT2D eigenvalue weighted by Crippen LogP contribution is 2.37. The smallest absolute Gasteiger partial charge is 0.342 e. The maximum atomic E-state index is 13.5. The third-order valence-electron chi connectivity index (χ3n) is 6.08. The van der Waals surface area contributed by atoms with Crippen molar-refractivity contribution in [2.24, 2.45) is 5.92 Å². The van der Waals surface area contributed by atoms with Crippen molar-refractivity contribution < 1.29 is 35.9 Å². The van der Waals surface area contributed by atoms with Gasteiger partial charge in [-0.2, -0.15) is 26.3 Å². The van der Waals surface area contributed by atoms with E-state index in [1.165, 1.54) is 24.5 Å². The van der Waals surface area contributed by atoms with E-state index in [1.54, 1.807) is 6.92 Å². The van der Waals surface area contributed by atoms with Crippen molar-refractivity contribution in [3.63, 3.8) is 0 Å². The fraction of sp³-hybridized carbons (Fsp3) is 0.296. The van der Waals surface area contributed by atoms with Crippen LogP contribution in [-0.2, 0) is 18.8 Å². The van der Waals surface area contributed by atoms with Gasteiger partial charge in [-0.1, -0.05) is 25.1 Å². The number of aryl methyl sites for hydroxylation is 2. The number of ketones is 1. The van der Waals surface area contributed by atoms with Crippen molar-refractivity contribution in [3.8, 4) is 0 Å². The molecule has 0 bridgehead atoms. The quantitative estimate of drug-likeness (QED) is 0.281. The summed E-state index contributed by atoms with van der Waals surface area (Å²) in [6, 6.07) is 7.62. The van der Waals surface area contributed by atoms with Crippen molar-refractivity contribution >= 4 is 11.7 Å². The van der Waals surface area contributed by atoms with Gasteiger partial charge >= 0.3 is 12.4 Å². The molecule has 10 heteroatoms. The predicted molar refractivity (Wildman–Crippen MR) is 125 cm³/mol. The fourth-order valence-corrected chi connectivity index (χ4v) is 3.89. The summed E-state index contributed by atoms with van der Waals surface area (Å²) < 4.78 is 80.4. The van der Waals surface area contributed by atoms with Crippen LogP contribution in [0.4, 0.5) is 26.3 Å². The number of nitrogens with one attached hydrogen (secondary N) is 1. The van der Waals surface area contributed by atoms with E-state index in [9.17, 15) is 35.9 Å². The van der Waals surface area contributed by atoms with Gasteiger partial charge < -0.3 is 5.32 Å². The van der Waals surface area contributed by atoms with Gasteiger partial charge in [0.1, 0.15) is 0 Å². The zero-order valence-electron chi connectivity index (χ0n) is 20.2. The lowest BCUT2D eigenvalue weighted by molar-refractivity contribution is -0.143. The van der Waals surface area contributed by atoms with Crippen LogP contribution in [0.3, 0.4) is 0 Å². The highest BCUT2D eigenvalue weighted by Gasteiger charge is 2.39. The van der Waals surface area contributed by atoms with Crippen LogP contribution in [0.5, 0.6) is 0 Å². The number of amides is 1. The normalized spacial score (nSPS) is 13.6. The molecule has 1 heterocycles. The van der Waals surface area contributed by atoms with E-state index in [1.807, 2.05) is 32.0 Å². The Morgan fingerprint density at radius 2 is 1.38 bits per heavy atom. The third kappa shape index (κ3) is 6.96. The third-order valence-corrected chi connectivity index (χ3v) is 6.08. The molecule has 0 fully saturated rings. The molecule has 0 saturated carbocycles. The summed E-state index contributed by atoms with van der Waals surface area (Å²) in [5.41, 5.74) is -1.08. The second-order valence-corrected chi connectivity index (χ2v) is 8.95. The number of Topliss-reactive ketones (excluding diaryl/α,β-unsaturated/α-hetero) is 1. The van der Waals surface area contributed by atoms with Gasteiger partial charge in [0, 0.05) is 23.5 Å². The molecule has 37 heavy (non-hydrogen) atoms. The monoisotopic (exact) mass is 522 g/mol. The van der Waals surface area contributed by atoms with Crippen LogP contribution in [0.1, 0.15) is 55.5 Å². The Morgan fingerprint density at radius 3 is 1.89 bits per heavy atom. The summed E-state index contributed by atoms with van der Waals surface area (Å²) >= 11 is 0. The number of carbonyl (C=O) groups excluding carboxylic acids is 2. The number of pyridine rings is 1. The first kappa shape index (κ1) is 27.9. The SMILES string of the molecule is Cc1ccc(CC(C)C(NC(=O)c2ccncc2)C(=O)c2cc(C(F)(F)F)cc(C(F)(F)F)c2)cc1C. The van der Waals surface area contributed by atoms with Crippen molar-refractivity contribution in [3.05, 3.63) is 99.9 Å². The predicted octanol–water partition coefficient (Wildman–Crippen LogP) is 6.60. The van der Waals surface area contributed by atoms with Crippen LogP contribution in [0, 0.1) is 19.8 Å². The van der Waals surface area contributed by atoms with E-state index in [4.69, 9.17) is 0 Å². The van der Waals surface area contributed by atoms with Crippen LogP contribution in [0.25, 0.3) is 0 Å². The minimum atomic E-state index is -5.11. The minimum absolute atomic E-state index is 0.0418. The second kappa shape index (κ2) is 10.7. The summed E-state index contributed by atoms with van der Waals surface area (Å²) in [5.74, 6) is -2.45. The van der Waals surface area contributed by atoms with E-state index >= 15 is 0 Å². The minimum Gasteiger partial charge on any atom is -0.342 e. The molecule has 2 aromatic carbocycles. The Hall–Kier alpha value is -3.69. The lowest BCUT2D eigenvalue weighted by atomic mass is 9.87. The number of hydrogen-bond acceptors (Lipinski definition) is 3. The average Bonchev–Trinajstić information content (AvgIpc) is 2.83. The molecule has 0 saturated heterocycles. The highest BCUT2D eigenvalue weighted by molar-refractivity contribution is 6.04. The molecular weight excluding hydrogens is 498 g/mol. The molecule has 4 nitrogen and oxygen atoms in total. The number of alkyl halides is 6. The molecule has 3 aromatic rings. The molecule has 3 rings (SSSR count). The largest absolute Gasteiger partial charge is 0.416 e. The van der Waals surface area contributed by atoms with E-state index in [-0.39, 0.29) is 18.1 Å². The Bertz CT molecular complexity index is 1250. The number of carbonyl (C=O) groups is 2. The zero-order chi connectivity index (χ0) is 27.5. The molecule has 0 aliphatic carbocycles. The number of rotatable bonds is 7. The first-order valence-electron chi connectivity index (χ1n) is 11.3. The van der Waals surface area contributed by atoms with Crippen molar-refractivity contribution in [2.75, 3.05) is 0 Å². The van der Waals surface area contributed by atoms with Gasteiger partial charge in [-0.05, 0) is 73.2 Å². The molecule has 196 valence electrons. The maximum Gasteiger partial charge on any atom is 0.416 e. The van der Waals surface area contributed by atoms with Gasteiger partial charge in [0.15, 0.2) is 5.78 Å². The van der Waals surface area contributed by atoms with Gasteiger partial charge in [-0.15, -0.1) is 0 Å². The fourth-order valence-electron chi connectivity index (χ4n) is 3.89. The van der Waals surface area contributed by atoms with Crippen molar-refractivity contribution in [2.45, 2.75) is 45.6 Å². The molecule has 0 aliphatic rings. The van der Waals surface area contributed by atoms with Gasteiger partial charge in [0.2, 0.25) is 0 Å². The van der Waals surface area contributed by atoms with Crippen LogP contribution in [0.15, 0.2) is 60.9 Å². The van der Waals surface area contributed by atoms with Crippen molar-refractivity contribution in [1.82, 2.24) is 10.3 Å². The zero-order valence-corrected chi connectivity index (χ0v) is 20.2. The summed E-state index contributed by atoms with van der Waals surface area (Å²) in [6.07, 6.45) is -7.31. The van der Waals surface area contributed by atoms with Gasteiger partial charge in [0.05, 0.1) is 17.2 Å². The second-order valence-electron chi connectivity index (χ2n) is 8.95. The Kier molecular flexibility index (Phi) is 8.09. The van der Waals surface area contributed by atoms with Crippen LogP contribution in [-0.4, -0.2) is 22.7 Å². The molecule has 2 unspecified atom stereocenters. The van der Waals surface area contributed by atoms with E-state index < -0.39 is 52.7 Å². The number of benzene rings is 2. The standard InChI is InChI=1S/C27H24F6N2O2/c1-15-4-5-18(10-16(15)2)11-17(3)23(35-25(37)19-6-8-34-9-7-19)24(36)20-12-21(26(28,29)30)14-22(13-20)27(31,32)33/h4-10,12-14,17,23H,11H2,1-3H3,(H,35,37). The summed E-state index contributed by atoms with van der Waals surface area (Å²) in [5, 5.41) is 2.52. The lowest BCUT2D eigenvalue weighted by Gasteiger charge is -2.25. The molecule has 0 spiro atoms. The Labute approximate surface area is 209 Å². The molecular formula is C27H24F6N2O2. The van der Waals surface area contributed by atoms with Gasteiger partial charge in [-0.25, -0.2) is 0 Å². The Morgan fingerprint density at radius 1 is 0.811 bits per heavy atom. The summed E-state index contributed by atoms with van der Waals surface area (Å²) in [4.78, 5) is 30.1. The number of nitrogens with zero attached hydrogens (tertiary/aromatic N) is 1. The van der Waals surface area contributed by atoms with Gasteiger partial charge in [-0.3, -0.25) is 14.6 Å². The average molecular weight is 522 g/mol. The van der Waals surface area contributed by atoms with Crippen LogP contribution < -0.4 is 5.32 Å². The number of halogens is 6. The van der Waals surface area contributed by atoms with Crippen LogP contribution >= 0.6 is 0 Å². The summed E-state index contributed by atoms with van der Waals surface area (Å²) in [7, 11) is 0. The molecule has 0 radical (unpaired) electrons.